The van der Waals surface area contributed by atoms with Gasteiger partial charge in [-0.25, -0.2) is 0 Å². The van der Waals surface area contributed by atoms with Gasteiger partial charge in [-0.1, -0.05) is 35.3 Å². The Morgan fingerprint density at radius 3 is 2.30 bits per heavy atom. The maximum atomic E-state index is 12.6. The fourth-order valence-electron chi connectivity index (χ4n) is 2.68. The third-order valence-corrected chi connectivity index (χ3v) is 4.57. The minimum Gasteiger partial charge on any atom is -0.311 e. The molecule has 0 fully saturated rings. The summed E-state index contributed by atoms with van der Waals surface area (Å²) in [5.41, 5.74) is 2.61. The fourth-order valence-corrected chi connectivity index (χ4v) is 2.98. The lowest BCUT2D eigenvalue weighted by Gasteiger charge is -2.05. The molecule has 2 aromatic carbocycles. The molecule has 0 aliphatic heterocycles. The SMILES string of the molecule is CCn1c(=N)n(CC(=O)c2ccc(Cl)c(Cl)c2)c2ccccc21. The first-order valence-corrected chi connectivity index (χ1v) is 7.99. The third kappa shape index (κ3) is 2.80. The van der Waals surface area contributed by atoms with Gasteiger partial charge in [-0.05, 0) is 37.3 Å². The van der Waals surface area contributed by atoms with Crippen LogP contribution in [0.15, 0.2) is 42.5 Å². The number of carbonyl (C=O) groups is 1. The van der Waals surface area contributed by atoms with Gasteiger partial charge in [0.15, 0.2) is 5.78 Å². The predicted octanol–water partition coefficient (Wildman–Crippen LogP) is 4.13. The number of hydrogen-bond acceptors (Lipinski definition) is 2. The van der Waals surface area contributed by atoms with Crippen molar-refractivity contribution in [2.24, 2.45) is 0 Å². The van der Waals surface area contributed by atoms with E-state index in [1.807, 2.05) is 35.8 Å². The standard InChI is InChI=1S/C17H15Cl2N3O/c1-2-21-14-5-3-4-6-15(14)22(17(21)20)10-16(23)11-7-8-12(18)13(19)9-11/h3-9,20H,2,10H2,1H3. The minimum absolute atomic E-state index is 0.0876. The first kappa shape index (κ1) is 15.8. The van der Waals surface area contributed by atoms with Crippen LogP contribution in [-0.4, -0.2) is 14.9 Å². The van der Waals surface area contributed by atoms with Gasteiger partial charge in [-0.15, -0.1) is 0 Å². The van der Waals surface area contributed by atoms with Crippen LogP contribution in [0.5, 0.6) is 0 Å². The van der Waals surface area contributed by atoms with E-state index < -0.39 is 0 Å². The molecule has 0 saturated heterocycles. The van der Waals surface area contributed by atoms with Crippen molar-refractivity contribution in [3.8, 4) is 0 Å². The van der Waals surface area contributed by atoms with Gasteiger partial charge in [0.05, 0.1) is 27.6 Å². The summed E-state index contributed by atoms with van der Waals surface area (Å²) in [6.07, 6.45) is 0. The van der Waals surface area contributed by atoms with E-state index in [2.05, 4.69) is 0 Å². The number of nitrogens with zero attached hydrogens (tertiary/aromatic N) is 2. The summed E-state index contributed by atoms with van der Waals surface area (Å²) < 4.78 is 3.58. The summed E-state index contributed by atoms with van der Waals surface area (Å²) in [6.45, 7) is 2.74. The van der Waals surface area contributed by atoms with E-state index in [9.17, 15) is 4.79 Å². The van der Waals surface area contributed by atoms with E-state index in [0.29, 0.717) is 27.8 Å². The lowest BCUT2D eigenvalue weighted by molar-refractivity contribution is 0.0971. The van der Waals surface area contributed by atoms with Crippen LogP contribution < -0.4 is 5.62 Å². The number of hydrogen-bond donors (Lipinski definition) is 1. The van der Waals surface area contributed by atoms with Crippen molar-refractivity contribution in [2.45, 2.75) is 20.0 Å². The number of imidazole rings is 1. The van der Waals surface area contributed by atoms with Gasteiger partial charge in [-0.2, -0.15) is 0 Å². The molecule has 0 saturated carbocycles. The van der Waals surface area contributed by atoms with Gasteiger partial charge >= 0.3 is 0 Å². The molecule has 1 heterocycles. The highest BCUT2D eigenvalue weighted by atomic mass is 35.5. The molecule has 4 nitrogen and oxygen atoms in total. The first-order valence-electron chi connectivity index (χ1n) is 7.24. The number of nitrogens with one attached hydrogen (secondary N) is 1. The zero-order valence-corrected chi connectivity index (χ0v) is 14.0. The van der Waals surface area contributed by atoms with Crippen molar-refractivity contribution in [3.05, 3.63) is 63.7 Å². The van der Waals surface area contributed by atoms with Crippen LogP contribution in [-0.2, 0) is 13.1 Å². The predicted molar refractivity (Wildman–Crippen MR) is 92.2 cm³/mol. The molecule has 0 bridgehead atoms. The highest BCUT2D eigenvalue weighted by molar-refractivity contribution is 6.42. The van der Waals surface area contributed by atoms with Gasteiger partial charge in [0, 0.05) is 12.1 Å². The number of Topliss-reactive ketones (excluding diaryl/α,β-unsaturated/α-hetero) is 1. The second kappa shape index (κ2) is 6.22. The van der Waals surface area contributed by atoms with Crippen molar-refractivity contribution in [3.63, 3.8) is 0 Å². The molecule has 23 heavy (non-hydrogen) atoms. The number of aromatic nitrogens is 2. The normalized spacial score (nSPS) is 11.1. The Hall–Kier alpha value is -2.04. The van der Waals surface area contributed by atoms with Gasteiger partial charge in [0.25, 0.3) is 0 Å². The molecule has 0 spiro atoms. The van der Waals surface area contributed by atoms with Gasteiger partial charge in [-0.3, -0.25) is 10.2 Å². The molecule has 3 aromatic rings. The zero-order chi connectivity index (χ0) is 16.6. The summed E-state index contributed by atoms with van der Waals surface area (Å²) >= 11 is 11.9. The van der Waals surface area contributed by atoms with Gasteiger partial charge in [0.2, 0.25) is 5.62 Å². The Labute approximate surface area is 143 Å². The van der Waals surface area contributed by atoms with E-state index in [4.69, 9.17) is 28.6 Å². The number of carbonyl (C=O) groups excluding carboxylic acids is 1. The first-order chi connectivity index (χ1) is 11.0. The summed E-state index contributed by atoms with van der Waals surface area (Å²) in [5.74, 6) is -0.110. The number of benzene rings is 2. The lowest BCUT2D eigenvalue weighted by atomic mass is 10.1. The highest BCUT2D eigenvalue weighted by Gasteiger charge is 2.14. The maximum absolute atomic E-state index is 12.6. The van der Waals surface area contributed by atoms with Gasteiger partial charge in [0.1, 0.15) is 0 Å². The number of fused-ring (bicyclic) bond motifs is 1. The van der Waals surface area contributed by atoms with Gasteiger partial charge < -0.3 is 9.13 Å². The minimum atomic E-state index is -0.110. The Kier molecular flexibility index (Phi) is 4.28. The van der Waals surface area contributed by atoms with Crippen molar-refractivity contribution >= 4 is 40.0 Å². The Balaban J connectivity index is 2.04. The zero-order valence-electron chi connectivity index (χ0n) is 12.5. The number of rotatable bonds is 4. The summed E-state index contributed by atoms with van der Waals surface area (Å²) in [5, 5.41) is 9.10. The van der Waals surface area contributed by atoms with Crippen LogP contribution in [0.1, 0.15) is 17.3 Å². The molecular formula is C17H15Cl2N3O. The second-order valence-corrected chi connectivity index (χ2v) is 6.01. The van der Waals surface area contributed by atoms with Crippen LogP contribution in [0.25, 0.3) is 11.0 Å². The van der Waals surface area contributed by atoms with Crippen LogP contribution in [0.3, 0.4) is 0 Å². The van der Waals surface area contributed by atoms with E-state index in [-0.39, 0.29) is 12.3 Å². The number of aryl methyl sites for hydroxylation is 1. The molecule has 0 amide bonds. The van der Waals surface area contributed by atoms with Crippen LogP contribution in [0.2, 0.25) is 10.0 Å². The van der Waals surface area contributed by atoms with E-state index in [1.54, 1.807) is 22.8 Å². The molecule has 0 aliphatic rings. The van der Waals surface area contributed by atoms with Crippen LogP contribution >= 0.6 is 23.2 Å². The molecule has 1 N–H and O–H groups in total. The maximum Gasteiger partial charge on any atom is 0.203 e. The highest BCUT2D eigenvalue weighted by Crippen LogP contribution is 2.23. The average molecular weight is 348 g/mol. The number of halogens is 2. The Morgan fingerprint density at radius 1 is 1.04 bits per heavy atom. The molecule has 118 valence electrons. The monoisotopic (exact) mass is 347 g/mol. The molecule has 0 atom stereocenters. The average Bonchev–Trinajstić information content (AvgIpc) is 2.82. The van der Waals surface area contributed by atoms with E-state index in [1.165, 1.54) is 0 Å². The quantitative estimate of drug-likeness (QED) is 0.708. The molecule has 6 heteroatoms. The van der Waals surface area contributed by atoms with Crippen molar-refractivity contribution in [1.29, 1.82) is 5.41 Å². The van der Waals surface area contributed by atoms with E-state index >= 15 is 0 Å². The summed E-state index contributed by atoms with van der Waals surface area (Å²) in [7, 11) is 0. The van der Waals surface area contributed by atoms with Crippen molar-refractivity contribution in [1.82, 2.24) is 9.13 Å². The molecule has 1 aromatic heterocycles. The molecule has 0 unspecified atom stereocenters. The number of ketones is 1. The lowest BCUT2D eigenvalue weighted by Crippen LogP contribution is -2.27. The fraction of sp³-hybridized carbons (Fsp3) is 0.176. The topological polar surface area (TPSA) is 50.8 Å². The largest absolute Gasteiger partial charge is 0.311 e. The second-order valence-electron chi connectivity index (χ2n) is 5.19. The van der Waals surface area contributed by atoms with E-state index in [0.717, 1.165) is 11.0 Å². The smallest absolute Gasteiger partial charge is 0.203 e. The van der Waals surface area contributed by atoms with Crippen LogP contribution in [0, 0.1) is 5.41 Å². The third-order valence-electron chi connectivity index (χ3n) is 3.83. The Bertz CT molecular complexity index is 956. The summed E-state index contributed by atoms with van der Waals surface area (Å²) in [4.78, 5) is 12.6. The molecule has 0 radical (unpaired) electrons. The van der Waals surface area contributed by atoms with Crippen LogP contribution in [0.4, 0.5) is 0 Å². The van der Waals surface area contributed by atoms with Crippen molar-refractivity contribution < 1.29 is 4.79 Å². The van der Waals surface area contributed by atoms with Crippen molar-refractivity contribution in [2.75, 3.05) is 0 Å². The Morgan fingerprint density at radius 2 is 1.70 bits per heavy atom. The number of para-hydroxylation sites is 2. The molecule has 3 rings (SSSR count). The molecule has 0 aliphatic carbocycles. The summed E-state index contributed by atoms with van der Waals surface area (Å²) in [6, 6.07) is 12.5. The molecular weight excluding hydrogens is 333 g/mol.